The maximum absolute atomic E-state index is 11.0. The Morgan fingerprint density at radius 2 is 2.00 bits per heavy atom. The van der Waals surface area contributed by atoms with Crippen molar-refractivity contribution in [1.82, 2.24) is 0 Å². The van der Waals surface area contributed by atoms with Gasteiger partial charge in [0.1, 0.15) is 6.29 Å². The smallest absolute Gasteiger partial charge is 0.127 e. The van der Waals surface area contributed by atoms with Gasteiger partial charge < -0.3 is 4.79 Å². The lowest BCUT2D eigenvalue weighted by Gasteiger charge is -2.18. The number of benzene rings is 2. The molecule has 0 amide bonds. The number of rotatable bonds is 1. The van der Waals surface area contributed by atoms with Crippen molar-refractivity contribution in [2.45, 2.75) is 12.3 Å². The summed E-state index contributed by atoms with van der Waals surface area (Å²) in [5, 5.41) is 2.47. The summed E-state index contributed by atoms with van der Waals surface area (Å²) in [4.78, 5) is 11.0. The predicted molar refractivity (Wildman–Crippen MR) is 66.4 cm³/mol. The molecule has 0 heterocycles. The topological polar surface area (TPSA) is 17.1 Å². The minimum absolute atomic E-state index is 0.0320. The third-order valence-electron chi connectivity index (χ3n) is 3.24. The van der Waals surface area contributed by atoms with Crippen LogP contribution in [-0.4, -0.2) is 6.29 Å². The van der Waals surface area contributed by atoms with E-state index in [1.165, 1.54) is 16.3 Å². The number of allylic oxidation sites excluding steroid dienone is 1. The molecule has 2 aromatic carbocycles. The molecule has 0 fully saturated rings. The van der Waals surface area contributed by atoms with E-state index in [2.05, 4.69) is 36.4 Å². The van der Waals surface area contributed by atoms with E-state index >= 15 is 0 Å². The highest BCUT2D eigenvalue weighted by Gasteiger charge is 2.17. The van der Waals surface area contributed by atoms with E-state index in [4.69, 9.17) is 0 Å². The lowest BCUT2D eigenvalue weighted by Crippen LogP contribution is -2.05. The molecular formula is C15H12O. The summed E-state index contributed by atoms with van der Waals surface area (Å²) in [7, 11) is 0. The standard InChI is InChI=1S/C15H12O/c16-10-12-5-3-7-15-13-6-2-1-4-11(13)8-9-14(12)15/h1-4,6-10,12H,5H2. The summed E-state index contributed by atoms with van der Waals surface area (Å²) in [5.74, 6) is 0.0320. The normalized spacial score (nSPS) is 18.4. The molecule has 1 aliphatic rings. The Kier molecular flexibility index (Phi) is 2.10. The van der Waals surface area contributed by atoms with Gasteiger partial charge in [0.15, 0.2) is 0 Å². The van der Waals surface area contributed by atoms with Crippen molar-refractivity contribution in [2.75, 3.05) is 0 Å². The summed E-state index contributed by atoms with van der Waals surface area (Å²) < 4.78 is 0. The first-order valence-electron chi connectivity index (χ1n) is 5.53. The SMILES string of the molecule is O=CC1CC=Cc2c1ccc1ccccc21. The molecular weight excluding hydrogens is 196 g/mol. The van der Waals surface area contributed by atoms with Gasteiger partial charge in [-0.15, -0.1) is 0 Å². The van der Waals surface area contributed by atoms with Crippen molar-refractivity contribution in [3.63, 3.8) is 0 Å². The Balaban J connectivity index is 2.35. The molecule has 0 aromatic heterocycles. The summed E-state index contributed by atoms with van der Waals surface area (Å²) in [6.45, 7) is 0. The lowest BCUT2D eigenvalue weighted by atomic mass is 9.85. The molecule has 0 N–H and O–H groups in total. The maximum atomic E-state index is 11.0. The van der Waals surface area contributed by atoms with Gasteiger partial charge >= 0.3 is 0 Å². The maximum Gasteiger partial charge on any atom is 0.127 e. The fourth-order valence-electron chi connectivity index (χ4n) is 2.41. The van der Waals surface area contributed by atoms with E-state index in [1.54, 1.807) is 0 Å². The van der Waals surface area contributed by atoms with Crippen LogP contribution in [0.4, 0.5) is 0 Å². The summed E-state index contributed by atoms with van der Waals surface area (Å²) in [6.07, 6.45) is 6.11. The molecule has 16 heavy (non-hydrogen) atoms. The first kappa shape index (κ1) is 9.34. The summed E-state index contributed by atoms with van der Waals surface area (Å²) >= 11 is 0. The van der Waals surface area contributed by atoms with E-state index in [1.807, 2.05) is 12.1 Å². The zero-order chi connectivity index (χ0) is 11.0. The highest BCUT2D eigenvalue weighted by molar-refractivity contribution is 5.93. The lowest BCUT2D eigenvalue weighted by molar-refractivity contribution is -0.109. The number of hydrogen-bond acceptors (Lipinski definition) is 1. The van der Waals surface area contributed by atoms with Gasteiger partial charge in [-0.25, -0.2) is 0 Å². The van der Waals surface area contributed by atoms with Gasteiger partial charge in [-0.1, -0.05) is 48.6 Å². The van der Waals surface area contributed by atoms with Gasteiger partial charge in [0.25, 0.3) is 0 Å². The van der Waals surface area contributed by atoms with Crippen molar-refractivity contribution in [3.05, 3.63) is 53.6 Å². The Morgan fingerprint density at radius 1 is 1.12 bits per heavy atom. The van der Waals surface area contributed by atoms with Crippen molar-refractivity contribution in [2.24, 2.45) is 0 Å². The fraction of sp³-hybridized carbons (Fsp3) is 0.133. The molecule has 0 saturated heterocycles. The fourth-order valence-corrected chi connectivity index (χ4v) is 2.41. The Bertz CT molecular complexity index is 581. The molecule has 1 atom stereocenters. The Morgan fingerprint density at radius 3 is 2.88 bits per heavy atom. The molecule has 0 spiro atoms. The van der Waals surface area contributed by atoms with Gasteiger partial charge in [0, 0.05) is 5.92 Å². The van der Waals surface area contributed by atoms with Crippen molar-refractivity contribution >= 4 is 23.1 Å². The largest absolute Gasteiger partial charge is 0.303 e. The summed E-state index contributed by atoms with van der Waals surface area (Å²) in [5.41, 5.74) is 2.37. The number of hydrogen-bond donors (Lipinski definition) is 0. The van der Waals surface area contributed by atoms with E-state index in [9.17, 15) is 4.79 Å². The monoisotopic (exact) mass is 208 g/mol. The van der Waals surface area contributed by atoms with Crippen LogP contribution in [-0.2, 0) is 4.79 Å². The zero-order valence-corrected chi connectivity index (χ0v) is 8.89. The molecule has 0 saturated carbocycles. The molecule has 1 unspecified atom stereocenters. The number of carbonyl (C=O) groups is 1. The highest BCUT2D eigenvalue weighted by atomic mass is 16.1. The van der Waals surface area contributed by atoms with Crippen molar-refractivity contribution < 1.29 is 4.79 Å². The highest BCUT2D eigenvalue weighted by Crippen LogP contribution is 2.33. The Labute approximate surface area is 94.4 Å². The number of aldehydes is 1. The van der Waals surface area contributed by atoms with E-state index in [0.29, 0.717) is 0 Å². The second-order valence-electron chi connectivity index (χ2n) is 4.17. The average Bonchev–Trinajstić information content (AvgIpc) is 2.37. The minimum Gasteiger partial charge on any atom is -0.303 e. The van der Waals surface area contributed by atoms with Crippen molar-refractivity contribution in [1.29, 1.82) is 0 Å². The van der Waals surface area contributed by atoms with Crippen LogP contribution in [0.15, 0.2) is 42.5 Å². The first-order valence-corrected chi connectivity index (χ1v) is 5.53. The van der Waals surface area contributed by atoms with Crippen LogP contribution < -0.4 is 0 Å². The zero-order valence-electron chi connectivity index (χ0n) is 8.89. The quantitative estimate of drug-likeness (QED) is 0.655. The molecule has 78 valence electrons. The molecule has 0 radical (unpaired) electrons. The number of fused-ring (bicyclic) bond motifs is 3. The van der Waals surface area contributed by atoms with Gasteiger partial charge in [-0.05, 0) is 28.3 Å². The third kappa shape index (κ3) is 1.28. The predicted octanol–water partition coefficient (Wildman–Crippen LogP) is 3.54. The molecule has 1 heteroatoms. The van der Waals surface area contributed by atoms with Crippen LogP contribution in [0.2, 0.25) is 0 Å². The molecule has 2 aromatic rings. The molecule has 0 aliphatic heterocycles. The van der Waals surface area contributed by atoms with Crippen LogP contribution in [0.1, 0.15) is 23.5 Å². The van der Waals surface area contributed by atoms with Crippen LogP contribution in [0.5, 0.6) is 0 Å². The molecule has 1 aliphatic carbocycles. The van der Waals surface area contributed by atoms with Crippen molar-refractivity contribution in [3.8, 4) is 0 Å². The molecule has 1 nitrogen and oxygen atoms in total. The van der Waals surface area contributed by atoms with Crippen LogP contribution >= 0.6 is 0 Å². The van der Waals surface area contributed by atoms with E-state index in [-0.39, 0.29) is 5.92 Å². The van der Waals surface area contributed by atoms with Gasteiger partial charge in [-0.3, -0.25) is 0 Å². The molecule has 0 bridgehead atoms. The summed E-state index contributed by atoms with van der Waals surface area (Å²) in [6, 6.07) is 12.5. The second-order valence-corrected chi connectivity index (χ2v) is 4.17. The second kappa shape index (κ2) is 3.60. The minimum atomic E-state index is 0.0320. The van der Waals surface area contributed by atoms with Crippen LogP contribution in [0, 0.1) is 0 Å². The van der Waals surface area contributed by atoms with Crippen LogP contribution in [0.25, 0.3) is 16.8 Å². The van der Waals surface area contributed by atoms with Crippen LogP contribution in [0.3, 0.4) is 0 Å². The van der Waals surface area contributed by atoms with Gasteiger partial charge in [0.05, 0.1) is 0 Å². The third-order valence-corrected chi connectivity index (χ3v) is 3.24. The number of carbonyl (C=O) groups excluding carboxylic acids is 1. The van der Waals surface area contributed by atoms with E-state index < -0.39 is 0 Å². The average molecular weight is 208 g/mol. The Hall–Kier alpha value is -1.89. The molecule has 3 rings (SSSR count). The van der Waals surface area contributed by atoms with Gasteiger partial charge in [-0.2, -0.15) is 0 Å². The first-order chi connectivity index (χ1) is 7.90. The van der Waals surface area contributed by atoms with E-state index in [0.717, 1.165) is 18.3 Å². The van der Waals surface area contributed by atoms with Gasteiger partial charge in [0.2, 0.25) is 0 Å².